The normalized spacial score (nSPS) is 10.2. The van der Waals surface area contributed by atoms with Gasteiger partial charge in [0.25, 0.3) is 0 Å². The molecule has 76 valence electrons. The summed E-state index contributed by atoms with van der Waals surface area (Å²) < 4.78 is 0. The molecule has 2 N–H and O–H groups in total. The molecule has 0 bridgehead atoms. The zero-order valence-electron chi connectivity index (χ0n) is 8.58. The predicted octanol–water partition coefficient (Wildman–Crippen LogP) is 1.02. The molecule has 0 radical (unpaired) electrons. The van der Waals surface area contributed by atoms with Gasteiger partial charge in [0.1, 0.15) is 5.82 Å². The lowest BCUT2D eigenvalue weighted by molar-refractivity contribution is 0.0979. The van der Waals surface area contributed by atoms with Crippen molar-refractivity contribution in [2.24, 2.45) is 5.73 Å². The van der Waals surface area contributed by atoms with Crippen molar-refractivity contribution in [3.63, 3.8) is 0 Å². The summed E-state index contributed by atoms with van der Waals surface area (Å²) in [4.78, 5) is 19.7. The molecular formula is C10H15N3O. The Bertz CT molecular complexity index is 336. The second-order valence-electron chi connectivity index (χ2n) is 3.23. The zero-order valence-corrected chi connectivity index (χ0v) is 8.58. The Kier molecular flexibility index (Phi) is 3.71. The van der Waals surface area contributed by atoms with Crippen LogP contribution in [0.4, 0.5) is 0 Å². The van der Waals surface area contributed by atoms with Gasteiger partial charge in [0, 0.05) is 12.6 Å². The van der Waals surface area contributed by atoms with Crippen molar-refractivity contribution in [2.45, 2.75) is 26.7 Å². The van der Waals surface area contributed by atoms with Crippen LogP contribution in [0, 0.1) is 13.8 Å². The molecule has 0 amide bonds. The van der Waals surface area contributed by atoms with Crippen molar-refractivity contribution in [3.05, 3.63) is 23.3 Å². The van der Waals surface area contributed by atoms with Crippen LogP contribution in [0.2, 0.25) is 0 Å². The first kappa shape index (κ1) is 10.8. The fourth-order valence-corrected chi connectivity index (χ4v) is 1.25. The molecule has 0 aromatic carbocycles. The van der Waals surface area contributed by atoms with Gasteiger partial charge < -0.3 is 5.73 Å². The SMILES string of the molecule is Cc1ncc(C(=O)CCCN)c(C)n1. The summed E-state index contributed by atoms with van der Waals surface area (Å²) in [6, 6.07) is 0. The first-order valence-electron chi connectivity index (χ1n) is 4.68. The number of aromatic nitrogens is 2. The highest BCUT2D eigenvalue weighted by atomic mass is 16.1. The van der Waals surface area contributed by atoms with E-state index in [2.05, 4.69) is 9.97 Å². The maximum Gasteiger partial charge on any atom is 0.166 e. The van der Waals surface area contributed by atoms with E-state index in [1.807, 2.05) is 6.92 Å². The van der Waals surface area contributed by atoms with Crippen molar-refractivity contribution in [2.75, 3.05) is 6.54 Å². The van der Waals surface area contributed by atoms with Crippen molar-refractivity contribution in [1.82, 2.24) is 9.97 Å². The molecule has 0 fully saturated rings. The third-order valence-electron chi connectivity index (χ3n) is 2.01. The van der Waals surface area contributed by atoms with Crippen molar-refractivity contribution in [1.29, 1.82) is 0 Å². The van der Waals surface area contributed by atoms with E-state index in [-0.39, 0.29) is 5.78 Å². The molecule has 0 unspecified atom stereocenters. The fraction of sp³-hybridized carbons (Fsp3) is 0.500. The number of carbonyl (C=O) groups excluding carboxylic acids is 1. The lowest BCUT2D eigenvalue weighted by Gasteiger charge is -2.03. The van der Waals surface area contributed by atoms with E-state index < -0.39 is 0 Å². The summed E-state index contributed by atoms with van der Waals surface area (Å²) in [7, 11) is 0. The van der Waals surface area contributed by atoms with Gasteiger partial charge in [-0.3, -0.25) is 4.79 Å². The lowest BCUT2D eigenvalue weighted by Crippen LogP contribution is -2.08. The molecular weight excluding hydrogens is 178 g/mol. The summed E-state index contributed by atoms with van der Waals surface area (Å²) >= 11 is 0. The third kappa shape index (κ3) is 2.60. The van der Waals surface area contributed by atoms with Crippen LogP contribution in [0.25, 0.3) is 0 Å². The summed E-state index contributed by atoms with van der Waals surface area (Å²) in [6.45, 7) is 4.17. The fourth-order valence-electron chi connectivity index (χ4n) is 1.25. The van der Waals surface area contributed by atoms with Gasteiger partial charge >= 0.3 is 0 Å². The molecule has 0 saturated heterocycles. The molecule has 0 saturated carbocycles. The molecule has 0 atom stereocenters. The van der Waals surface area contributed by atoms with Gasteiger partial charge in [-0.2, -0.15) is 0 Å². The lowest BCUT2D eigenvalue weighted by atomic mass is 10.1. The first-order valence-corrected chi connectivity index (χ1v) is 4.68. The largest absolute Gasteiger partial charge is 0.330 e. The molecule has 0 aliphatic carbocycles. The second kappa shape index (κ2) is 4.81. The number of hydrogen-bond donors (Lipinski definition) is 1. The maximum atomic E-state index is 11.6. The minimum atomic E-state index is 0.0768. The van der Waals surface area contributed by atoms with Crippen LogP contribution in [0.5, 0.6) is 0 Å². The maximum absolute atomic E-state index is 11.6. The average Bonchev–Trinajstić information content (AvgIpc) is 2.14. The van der Waals surface area contributed by atoms with Crippen LogP contribution in [-0.4, -0.2) is 22.3 Å². The van der Waals surface area contributed by atoms with Gasteiger partial charge in [-0.05, 0) is 26.8 Å². The summed E-state index contributed by atoms with van der Waals surface area (Å²) in [6.07, 6.45) is 2.78. The Morgan fingerprint density at radius 1 is 1.50 bits per heavy atom. The van der Waals surface area contributed by atoms with E-state index in [1.54, 1.807) is 13.1 Å². The molecule has 1 aromatic heterocycles. The summed E-state index contributed by atoms with van der Waals surface area (Å²) in [5, 5.41) is 0. The number of hydrogen-bond acceptors (Lipinski definition) is 4. The smallest absolute Gasteiger partial charge is 0.166 e. The highest BCUT2D eigenvalue weighted by Crippen LogP contribution is 2.08. The van der Waals surface area contributed by atoms with Crippen LogP contribution < -0.4 is 5.73 Å². The molecule has 1 aromatic rings. The second-order valence-corrected chi connectivity index (χ2v) is 3.23. The molecule has 1 rings (SSSR count). The van der Waals surface area contributed by atoms with Crippen molar-refractivity contribution < 1.29 is 4.79 Å². The highest BCUT2D eigenvalue weighted by Gasteiger charge is 2.09. The zero-order chi connectivity index (χ0) is 10.6. The molecule has 14 heavy (non-hydrogen) atoms. The average molecular weight is 193 g/mol. The number of nitrogens with two attached hydrogens (primary N) is 1. The highest BCUT2D eigenvalue weighted by molar-refractivity contribution is 5.96. The Hall–Kier alpha value is -1.29. The van der Waals surface area contributed by atoms with Gasteiger partial charge in [0.2, 0.25) is 0 Å². The molecule has 1 heterocycles. The van der Waals surface area contributed by atoms with E-state index in [1.165, 1.54) is 0 Å². The Morgan fingerprint density at radius 2 is 2.21 bits per heavy atom. The van der Waals surface area contributed by atoms with Crippen LogP contribution in [-0.2, 0) is 0 Å². The van der Waals surface area contributed by atoms with Crippen LogP contribution >= 0.6 is 0 Å². The van der Waals surface area contributed by atoms with Gasteiger partial charge in [0.05, 0.1) is 11.3 Å². The van der Waals surface area contributed by atoms with Gasteiger partial charge in [-0.25, -0.2) is 9.97 Å². The van der Waals surface area contributed by atoms with Crippen LogP contribution in [0.1, 0.15) is 34.7 Å². The topological polar surface area (TPSA) is 68.9 Å². The number of carbonyl (C=O) groups is 1. The monoisotopic (exact) mass is 193 g/mol. The minimum absolute atomic E-state index is 0.0768. The molecule has 4 heteroatoms. The molecule has 4 nitrogen and oxygen atoms in total. The summed E-state index contributed by atoms with van der Waals surface area (Å²) in [5.74, 6) is 0.769. The van der Waals surface area contributed by atoms with Crippen molar-refractivity contribution in [3.8, 4) is 0 Å². The van der Waals surface area contributed by atoms with Crippen molar-refractivity contribution >= 4 is 5.78 Å². The predicted molar refractivity (Wildman–Crippen MR) is 54.1 cm³/mol. The van der Waals surface area contributed by atoms with E-state index in [9.17, 15) is 4.79 Å². The number of ketones is 1. The van der Waals surface area contributed by atoms with E-state index in [0.717, 1.165) is 5.69 Å². The number of Topliss-reactive ketones (excluding diaryl/α,β-unsaturated/α-hetero) is 1. The number of nitrogens with zero attached hydrogens (tertiary/aromatic N) is 2. The quantitative estimate of drug-likeness (QED) is 0.725. The van der Waals surface area contributed by atoms with Crippen LogP contribution in [0.3, 0.4) is 0 Å². The third-order valence-corrected chi connectivity index (χ3v) is 2.01. The molecule has 0 spiro atoms. The standard InChI is InChI=1S/C10H15N3O/c1-7-9(6-12-8(2)13-7)10(14)4-3-5-11/h6H,3-5,11H2,1-2H3. The molecule has 0 aliphatic heterocycles. The van der Waals surface area contributed by atoms with E-state index in [0.29, 0.717) is 30.8 Å². The van der Waals surface area contributed by atoms with E-state index >= 15 is 0 Å². The Balaban J connectivity index is 2.80. The van der Waals surface area contributed by atoms with Crippen LogP contribution in [0.15, 0.2) is 6.20 Å². The van der Waals surface area contributed by atoms with Gasteiger partial charge in [0.15, 0.2) is 5.78 Å². The molecule has 0 aliphatic rings. The van der Waals surface area contributed by atoms with Gasteiger partial charge in [-0.15, -0.1) is 0 Å². The van der Waals surface area contributed by atoms with E-state index in [4.69, 9.17) is 5.73 Å². The van der Waals surface area contributed by atoms with Gasteiger partial charge in [-0.1, -0.05) is 0 Å². The Morgan fingerprint density at radius 3 is 2.79 bits per heavy atom. The number of aryl methyl sites for hydroxylation is 2. The minimum Gasteiger partial charge on any atom is -0.330 e. The number of rotatable bonds is 4. The first-order chi connectivity index (χ1) is 6.65. The summed E-state index contributed by atoms with van der Waals surface area (Å²) in [5.41, 5.74) is 6.70. The Labute approximate surface area is 83.6 Å².